The van der Waals surface area contributed by atoms with Crippen LogP contribution in [0, 0.1) is 0 Å². The molecule has 3 aliphatic heterocycles. The van der Waals surface area contributed by atoms with Gasteiger partial charge in [-0.15, -0.1) is 0 Å². The number of ether oxygens (including phenoxy) is 2. The van der Waals surface area contributed by atoms with Crippen molar-refractivity contribution >= 4 is 17.5 Å². The first-order valence-electron chi connectivity index (χ1n) is 10.2. The van der Waals surface area contributed by atoms with Crippen LogP contribution in [0.3, 0.4) is 0 Å². The number of halogens is 3. The lowest BCUT2D eigenvalue weighted by Crippen LogP contribution is -2.59. The Bertz CT molecular complexity index is 836. The van der Waals surface area contributed by atoms with E-state index in [1.54, 1.807) is 4.90 Å². The Morgan fingerprint density at radius 3 is 2.67 bits per heavy atom. The van der Waals surface area contributed by atoms with Crippen molar-refractivity contribution in [2.24, 2.45) is 0 Å². The van der Waals surface area contributed by atoms with Gasteiger partial charge < -0.3 is 19.3 Å². The second-order valence-corrected chi connectivity index (χ2v) is 8.37. The predicted octanol–water partition coefficient (Wildman–Crippen LogP) is 3.24. The molecule has 4 rings (SSSR count). The molecule has 0 saturated carbocycles. The largest absolute Gasteiger partial charge is 0.416 e. The number of rotatable bonds is 2. The van der Waals surface area contributed by atoms with E-state index in [-0.39, 0.29) is 36.4 Å². The Morgan fingerprint density at radius 1 is 1.23 bits per heavy atom. The molecule has 0 N–H and O–H groups in total. The second kappa shape index (κ2) is 7.85. The molecule has 0 aliphatic carbocycles. The summed E-state index contributed by atoms with van der Waals surface area (Å²) < 4.78 is 52.2. The van der Waals surface area contributed by atoms with Crippen LogP contribution in [0.25, 0.3) is 0 Å². The van der Waals surface area contributed by atoms with Gasteiger partial charge in [0.25, 0.3) is 5.91 Å². The first-order valence-corrected chi connectivity index (χ1v) is 10.2. The van der Waals surface area contributed by atoms with Gasteiger partial charge in [-0.2, -0.15) is 13.2 Å². The quantitative estimate of drug-likeness (QED) is 0.729. The molecule has 3 heterocycles. The van der Waals surface area contributed by atoms with Gasteiger partial charge in [-0.05, 0) is 44.4 Å². The van der Waals surface area contributed by atoms with E-state index in [0.717, 1.165) is 25.0 Å². The minimum absolute atomic E-state index is 0.0690. The number of alkyl halides is 3. The van der Waals surface area contributed by atoms with Crippen LogP contribution in [-0.2, 0) is 20.4 Å². The highest BCUT2D eigenvalue weighted by Crippen LogP contribution is 2.36. The van der Waals surface area contributed by atoms with Gasteiger partial charge in [-0.3, -0.25) is 9.59 Å². The van der Waals surface area contributed by atoms with Crippen molar-refractivity contribution in [1.29, 1.82) is 0 Å². The van der Waals surface area contributed by atoms with Crippen LogP contribution < -0.4 is 4.90 Å². The Kier molecular flexibility index (Phi) is 5.52. The normalized spacial score (nSPS) is 27.7. The van der Waals surface area contributed by atoms with Gasteiger partial charge in [0, 0.05) is 37.4 Å². The molecule has 1 spiro atoms. The predicted molar refractivity (Wildman–Crippen MR) is 102 cm³/mol. The van der Waals surface area contributed by atoms with E-state index in [0.29, 0.717) is 32.6 Å². The summed E-state index contributed by atoms with van der Waals surface area (Å²) in [6.07, 6.45) is -2.46. The van der Waals surface area contributed by atoms with Crippen LogP contribution in [0.1, 0.15) is 48.5 Å². The molecule has 6 nitrogen and oxygen atoms in total. The Balaban J connectivity index is 1.66. The molecule has 3 fully saturated rings. The number of amides is 2. The van der Waals surface area contributed by atoms with Crippen molar-refractivity contribution in [3.05, 3.63) is 29.3 Å². The van der Waals surface area contributed by atoms with Gasteiger partial charge >= 0.3 is 6.18 Å². The summed E-state index contributed by atoms with van der Waals surface area (Å²) in [6, 6.07) is 3.21. The molecule has 164 valence electrons. The number of anilines is 1. The SMILES string of the molecule is C[C@H]1CN(C(=O)c2cc(N3CCCC3=O)cc(C(F)(F)F)c2)C[C@]2(CCCOC2)O1. The number of nitrogens with zero attached hydrogens (tertiary/aromatic N) is 2. The number of hydrogen-bond donors (Lipinski definition) is 0. The third-order valence-corrected chi connectivity index (χ3v) is 5.86. The smallest absolute Gasteiger partial charge is 0.378 e. The summed E-state index contributed by atoms with van der Waals surface area (Å²) in [5.41, 5.74) is -1.51. The van der Waals surface area contributed by atoms with Gasteiger partial charge in [0.1, 0.15) is 5.60 Å². The number of benzene rings is 1. The Labute approximate surface area is 172 Å². The van der Waals surface area contributed by atoms with Crippen LogP contribution >= 0.6 is 0 Å². The number of carbonyl (C=O) groups excluding carboxylic acids is 2. The Morgan fingerprint density at radius 2 is 2.03 bits per heavy atom. The standard InChI is InChI=1S/C21H25F3N2O4/c1-14-11-25(12-20(30-14)5-3-7-29-13-20)19(28)15-8-16(21(22,23)24)10-17(9-15)26-6-2-4-18(26)27/h8-10,14H,2-7,11-13H2,1H3/t14-,20-/m0/s1. The third-order valence-electron chi connectivity index (χ3n) is 5.86. The zero-order valence-corrected chi connectivity index (χ0v) is 16.8. The van der Waals surface area contributed by atoms with Crippen LogP contribution in [0.2, 0.25) is 0 Å². The van der Waals surface area contributed by atoms with Gasteiger partial charge in [0.2, 0.25) is 5.91 Å². The average molecular weight is 426 g/mol. The zero-order valence-electron chi connectivity index (χ0n) is 16.8. The summed E-state index contributed by atoms with van der Waals surface area (Å²) >= 11 is 0. The second-order valence-electron chi connectivity index (χ2n) is 8.37. The molecule has 1 aromatic carbocycles. The minimum atomic E-state index is -4.62. The van der Waals surface area contributed by atoms with Crippen molar-refractivity contribution in [3.63, 3.8) is 0 Å². The molecule has 0 unspecified atom stereocenters. The van der Waals surface area contributed by atoms with Crippen molar-refractivity contribution in [3.8, 4) is 0 Å². The van der Waals surface area contributed by atoms with Crippen molar-refractivity contribution in [2.45, 2.75) is 50.5 Å². The molecule has 0 aromatic heterocycles. The summed E-state index contributed by atoms with van der Waals surface area (Å²) in [6.45, 7) is 3.74. The third kappa shape index (κ3) is 4.18. The first-order chi connectivity index (χ1) is 14.2. The maximum absolute atomic E-state index is 13.5. The molecule has 0 radical (unpaired) electrons. The fraction of sp³-hybridized carbons (Fsp3) is 0.619. The molecular formula is C21H25F3N2O4. The van der Waals surface area contributed by atoms with Gasteiger partial charge in [-0.1, -0.05) is 0 Å². The lowest BCUT2D eigenvalue weighted by Gasteiger charge is -2.47. The van der Waals surface area contributed by atoms with E-state index < -0.39 is 23.2 Å². The summed E-state index contributed by atoms with van der Waals surface area (Å²) in [4.78, 5) is 28.2. The number of morpholine rings is 1. The lowest BCUT2D eigenvalue weighted by atomic mass is 9.93. The highest BCUT2D eigenvalue weighted by Gasteiger charge is 2.43. The first kappa shape index (κ1) is 21.1. The highest BCUT2D eigenvalue weighted by atomic mass is 19.4. The lowest BCUT2D eigenvalue weighted by molar-refractivity contribution is -0.188. The monoisotopic (exact) mass is 426 g/mol. The Hall–Kier alpha value is -2.13. The topological polar surface area (TPSA) is 59.1 Å². The van der Waals surface area contributed by atoms with Crippen LogP contribution in [0.5, 0.6) is 0 Å². The zero-order chi connectivity index (χ0) is 21.5. The molecule has 9 heteroatoms. The maximum Gasteiger partial charge on any atom is 0.416 e. The fourth-order valence-corrected chi connectivity index (χ4v) is 4.58. The fourth-order valence-electron chi connectivity index (χ4n) is 4.58. The molecule has 3 aliphatic rings. The minimum Gasteiger partial charge on any atom is -0.378 e. The van der Waals surface area contributed by atoms with Gasteiger partial charge in [0.05, 0.1) is 24.8 Å². The maximum atomic E-state index is 13.5. The molecule has 2 atom stereocenters. The molecule has 30 heavy (non-hydrogen) atoms. The highest BCUT2D eigenvalue weighted by molar-refractivity contribution is 5.99. The van der Waals surface area contributed by atoms with E-state index >= 15 is 0 Å². The summed E-state index contributed by atoms with van der Waals surface area (Å²) in [7, 11) is 0. The van der Waals surface area contributed by atoms with Crippen LogP contribution in [0.4, 0.5) is 18.9 Å². The van der Waals surface area contributed by atoms with Crippen LogP contribution in [-0.4, -0.2) is 61.3 Å². The molecule has 3 saturated heterocycles. The number of hydrogen-bond acceptors (Lipinski definition) is 4. The van der Waals surface area contributed by atoms with Crippen molar-refractivity contribution in [1.82, 2.24) is 4.90 Å². The van der Waals surface area contributed by atoms with Gasteiger partial charge in [0.15, 0.2) is 0 Å². The van der Waals surface area contributed by atoms with E-state index in [1.165, 1.54) is 11.0 Å². The van der Waals surface area contributed by atoms with Crippen molar-refractivity contribution < 1.29 is 32.2 Å². The van der Waals surface area contributed by atoms with Crippen LogP contribution in [0.15, 0.2) is 18.2 Å². The van der Waals surface area contributed by atoms with E-state index in [4.69, 9.17) is 9.47 Å². The summed E-state index contributed by atoms with van der Waals surface area (Å²) in [5, 5.41) is 0. The number of carbonyl (C=O) groups is 2. The summed E-state index contributed by atoms with van der Waals surface area (Å²) in [5.74, 6) is -0.722. The average Bonchev–Trinajstić information content (AvgIpc) is 3.12. The molecular weight excluding hydrogens is 401 g/mol. The molecule has 2 amide bonds. The molecule has 0 bridgehead atoms. The van der Waals surface area contributed by atoms with E-state index in [2.05, 4.69) is 0 Å². The molecule has 1 aromatic rings. The van der Waals surface area contributed by atoms with Gasteiger partial charge in [-0.25, -0.2) is 0 Å². The van der Waals surface area contributed by atoms with E-state index in [1.807, 2.05) is 6.92 Å². The van der Waals surface area contributed by atoms with Crippen molar-refractivity contribution in [2.75, 3.05) is 37.7 Å². The van der Waals surface area contributed by atoms with E-state index in [9.17, 15) is 22.8 Å².